The van der Waals surface area contributed by atoms with Gasteiger partial charge in [-0.15, -0.1) is 0 Å². The molecule has 148 valence electrons. The number of nitrogens with zero attached hydrogens (tertiary/aromatic N) is 3. The van der Waals surface area contributed by atoms with Crippen LogP contribution in [0.1, 0.15) is 16.8 Å². The number of amides is 1. The molecule has 2 heterocycles. The van der Waals surface area contributed by atoms with Gasteiger partial charge in [-0.25, -0.2) is 4.98 Å². The molecule has 2 aromatic heterocycles. The maximum Gasteiger partial charge on any atom is 0.255 e. The molecule has 0 aliphatic carbocycles. The number of benzene rings is 2. The quantitative estimate of drug-likeness (QED) is 0.463. The first-order chi connectivity index (χ1) is 14.2. The van der Waals surface area contributed by atoms with E-state index in [1.165, 1.54) is 0 Å². The molecule has 0 aliphatic rings. The molecule has 4 rings (SSSR count). The molecule has 0 saturated heterocycles. The number of hydrogen-bond acceptors (Lipinski definition) is 3. The van der Waals surface area contributed by atoms with Gasteiger partial charge in [0, 0.05) is 31.5 Å². The van der Waals surface area contributed by atoms with Gasteiger partial charge in [0.25, 0.3) is 5.91 Å². The molecule has 7 heteroatoms. The molecular formula is C22H21ClN4O2. The zero-order valence-corrected chi connectivity index (χ0v) is 16.8. The minimum absolute atomic E-state index is 0.210. The number of aromatic nitrogens is 3. The first-order valence-corrected chi connectivity index (χ1v) is 9.74. The standard InChI is InChI=1S/C22H21ClN4O2/c1-29-21-14-20(26-10-4-5-11-26)17(23)13-16(21)22(28)24-9-6-12-27-15-25-18-7-2-3-8-19(18)27/h2-5,7-8,10-11,13-15H,6,9,12H2,1H3,(H,24,28). The van der Waals surface area contributed by atoms with Crippen LogP contribution in [0.25, 0.3) is 16.7 Å². The highest BCUT2D eigenvalue weighted by atomic mass is 35.5. The fraction of sp³-hybridized carbons (Fsp3) is 0.182. The summed E-state index contributed by atoms with van der Waals surface area (Å²) in [5.74, 6) is 0.273. The van der Waals surface area contributed by atoms with Crippen molar-refractivity contribution >= 4 is 28.5 Å². The van der Waals surface area contributed by atoms with Crippen molar-refractivity contribution in [3.8, 4) is 11.4 Å². The molecule has 2 aromatic carbocycles. The van der Waals surface area contributed by atoms with Crippen molar-refractivity contribution in [2.45, 2.75) is 13.0 Å². The normalized spacial score (nSPS) is 11.0. The zero-order chi connectivity index (χ0) is 20.2. The largest absolute Gasteiger partial charge is 0.496 e. The lowest BCUT2D eigenvalue weighted by molar-refractivity contribution is 0.0950. The SMILES string of the molecule is COc1cc(-n2cccc2)c(Cl)cc1C(=O)NCCCn1cnc2ccccc21. The Kier molecular flexibility index (Phi) is 5.53. The number of imidazole rings is 1. The minimum Gasteiger partial charge on any atom is -0.496 e. The van der Waals surface area contributed by atoms with Gasteiger partial charge >= 0.3 is 0 Å². The molecule has 29 heavy (non-hydrogen) atoms. The van der Waals surface area contributed by atoms with E-state index in [2.05, 4.69) is 14.9 Å². The molecule has 1 N–H and O–H groups in total. The lowest BCUT2D eigenvalue weighted by Gasteiger charge is -2.14. The van der Waals surface area contributed by atoms with E-state index in [-0.39, 0.29) is 5.91 Å². The monoisotopic (exact) mass is 408 g/mol. The van der Waals surface area contributed by atoms with Gasteiger partial charge in [0.15, 0.2) is 0 Å². The number of para-hydroxylation sites is 2. The summed E-state index contributed by atoms with van der Waals surface area (Å²) in [5, 5.41) is 3.43. The highest BCUT2D eigenvalue weighted by Gasteiger charge is 2.16. The van der Waals surface area contributed by atoms with E-state index in [1.807, 2.05) is 59.7 Å². The summed E-state index contributed by atoms with van der Waals surface area (Å²) >= 11 is 6.41. The molecular weight excluding hydrogens is 388 g/mol. The first-order valence-electron chi connectivity index (χ1n) is 9.36. The summed E-state index contributed by atoms with van der Waals surface area (Å²) in [7, 11) is 1.55. The Morgan fingerprint density at radius 3 is 2.76 bits per heavy atom. The van der Waals surface area contributed by atoms with Crippen molar-refractivity contribution in [1.29, 1.82) is 0 Å². The van der Waals surface area contributed by atoms with E-state index in [9.17, 15) is 4.79 Å². The molecule has 0 radical (unpaired) electrons. The van der Waals surface area contributed by atoms with Crippen LogP contribution in [0, 0.1) is 0 Å². The van der Waals surface area contributed by atoms with Crippen LogP contribution in [-0.2, 0) is 6.54 Å². The number of hydrogen-bond donors (Lipinski definition) is 1. The van der Waals surface area contributed by atoms with Crippen LogP contribution in [0.5, 0.6) is 5.75 Å². The topological polar surface area (TPSA) is 61.1 Å². The smallest absolute Gasteiger partial charge is 0.255 e. The van der Waals surface area contributed by atoms with Crippen LogP contribution in [0.15, 0.2) is 67.3 Å². The maximum atomic E-state index is 12.7. The summed E-state index contributed by atoms with van der Waals surface area (Å²) in [6.45, 7) is 1.30. The Labute approximate surface area is 173 Å². The highest BCUT2D eigenvalue weighted by molar-refractivity contribution is 6.33. The second-order valence-electron chi connectivity index (χ2n) is 6.63. The molecule has 0 fully saturated rings. The number of fused-ring (bicyclic) bond motifs is 1. The molecule has 0 saturated carbocycles. The van der Waals surface area contributed by atoms with E-state index >= 15 is 0 Å². The van der Waals surface area contributed by atoms with Crippen LogP contribution in [0.2, 0.25) is 5.02 Å². The molecule has 0 spiro atoms. The summed E-state index contributed by atoms with van der Waals surface area (Å²) in [5.41, 5.74) is 3.24. The summed E-state index contributed by atoms with van der Waals surface area (Å²) < 4.78 is 9.39. The van der Waals surface area contributed by atoms with Gasteiger partial charge in [-0.2, -0.15) is 0 Å². The van der Waals surface area contributed by atoms with Crippen molar-refractivity contribution in [3.05, 3.63) is 77.8 Å². The average molecular weight is 409 g/mol. The van der Waals surface area contributed by atoms with Crippen molar-refractivity contribution in [3.63, 3.8) is 0 Å². The van der Waals surface area contributed by atoms with Gasteiger partial charge in [0.1, 0.15) is 5.75 Å². The maximum absolute atomic E-state index is 12.7. The molecule has 0 atom stereocenters. The number of nitrogens with one attached hydrogen (secondary N) is 1. The minimum atomic E-state index is -0.210. The third-order valence-electron chi connectivity index (χ3n) is 4.78. The van der Waals surface area contributed by atoms with Crippen molar-refractivity contribution in [2.24, 2.45) is 0 Å². The molecule has 6 nitrogen and oxygen atoms in total. The van der Waals surface area contributed by atoms with Crippen molar-refractivity contribution in [1.82, 2.24) is 19.4 Å². The van der Waals surface area contributed by atoms with Gasteiger partial charge in [-0.1, -0.05) is 23.7 Å². The van der Waals surface area contributed by atoms with Crippen molar-refractivity contribution < 1.29 is 9.53 Å². The van der Waals surface area contributed by atoms with Gasteiger partial charge in [0.2, 0.25) is 0 Å². The third kappa shape index (κ3) is 3.98. The number of methoxy groups -OCH3 is 1. The zero-order valence-electron chi connectivity index (χ0n) is 16.0. The van der Waals surface area contributed by atoms with Crippen LogP contribution in [0.3, 0.4) is 0 Å². The Hall–Kier alpha value is -3.25. The van der Waals surface area contributed by atoms with Crippen LogP contribution >= 0.6 is 11.6 Å². The number of ether oxygens (including phenoxy) is 1. The Morgan fingerprint density at radius 1 is 1.17 bits per heavy atom. The lowest BCUT2D eigenvalue weighted by atomic mass is 10.1. The number of carbonyl (C=O) groups is 1. The number of rotatable bonds is 7. The summed E-state index contributed by atoms with van der Waals surface area (Å²) in [6, 6.07) is 15.2. The second-order valence-corrected chi connectivity index (χ2v) is 7.04. The molecule has 4 aromatic rings. The van der Waals surface area contributed by atoms with Crippen LogP contribution in [0.4, 0.5) is 0 Å². The fourth-order valence-electron chi connectivity index (χ4n) is 3.32. The van der Waals surface area contributed by atoms with Gasteiger partial charge in [0.05, 0.1) is 40.7 Å². The summed E-state index contributed by atoms with van der Waals surface area (Å²) in [6.07, 6.45) is 6.39. The molecule has 0 bridgehead atoms. The fourth-order valence-corrected chi connectivity index (χ4v) is 3.58. The van der Waals surface area contributed by atoms with Gasteiger partial charge in [-0.3, -0.25) is 4.79 Å². The predicted molar refractivity (Wildman–Crippen MR) is 114 cm³/mol. The predicted octanol–water partition coefficient (Wildman–Crippen LogP) is 4.31. The lowest BCUT2D eigenvalue weighted by Crippen LogP contribution is -2.25. The molecule has 1 amide bonds. The van der Waals surface area contributed by atoms with E-state index < -0.39 is 0 Å². The number of aryl methyl sites for hydroxylation is 1. The van der Waals surface area contributed by atoms with Gasteiger partial charge in [-0.05, 0) is 36.8 Å². The second kappa shape index (κ2) is 8.41. The van der Waals surface area contributed by atoms with E-state index in [0.717, 1.165) is 29.7 Å². The van der Waals surface area contributed by atoms with Gasteiger partial charge < -0.3 is 19.2 Å². The molecule has 0 aliphatic heterocycles. The number of halogens is 1. The van der Waals surface area contributed by atoms with E-state index in [1.54, 1.807) is 19.2 Å². The first kappa shape index (κ1) is 19.1. The average Bonchev–Trinajstić information content (AvgIpc) is 3.41. The molecule has 0 unspecified atom stereocenters. The Bertz CT molecular complexity index is 1140. The van der Waals surface area contributed by atoms with E-state index in [0.29, 0.717) is 22.9 Å². The number of carbonyl (C=O) groups excluding carboxylic acids is 1. The van der Waals surface area contributed by atoms with Crippen molar-refractivity contribution in [2.75, 3.05) is 13.7 Å². The summed E-state index contributed by atoms with van der Waals surface area (Å²) in [4.78, 5) is 17.1. The third-order valence-corrected chi connectivity index (χ3v) is 5.09. The highest BCUT2D eigenvalue weighted by Crippen LogP contribution is 2.30. The van der Waals surface area contributed by atoms with Crippen LogP contribution < -0.4 is 10.1 Å². The van der Waals surface area contributed by atoms with Crippen LogP contribution in [-0.4, -0.2) is 33.7 Å². The van der Waals surface area contributed by atoms with E-state index in [4.69, 9.17) is 16.3 Å². The Balaban J connectivity index is 1.41. The Morgan fingerprint density at radius 2 is 1.97 bits per heavy atom.